The Bertz CT molecular complexity index is 3140. The topological polar surface area (TPSA) is 3.24 Å². The maximum absolute atomic E-state index is 9.22. The van der Waals surface area contributed by atoms with Crippen LogP contribution < -0.4 is 4.90 Å². The van der Waals surface area contributed by atoms with Gasteiger partial charge in [0.2, 0.25) is 0 Å². The smallest absolute Gasteiger partial charge is 0.0726 e. The van der Waals surface area contributed by atoms with Gasteiger partial charge < -0.3 is 4.90 Å². The fourth-order valence-electron chi connectivity index (χ4n) is 12.0. The number of benzene rings is 8. The molecule has 12 rings (SSSR count). The summed E-state index contributed by atoms with van der Waals surface area (Å²) >= 11 is 0. The standard InChI is InChI=1S/C62H55N/c1-60(2,3)44-29-34-52-49-18-10-13-21-55(49)62(58(52)37-44)56-22-14-11-19-50(56)53-36-33-47(39-59(53)62)63(46-32-35-51-48-17-9-12-20-54(48)61(4,5)57(51)38-46)45-30-27-43(28-31-45)42-25-23-41(24-26-42)40-15-7-6-8-16-40/h9-14,17-40H,6-8,15-16H2,1-5H3/i40D. The predicted molar refractivity (Wildman–Crippen MR) is 265 cm³/mol. The van der Waals surface area contributed by atoms with E-state index >= 15 is 0 Å². The van der Waals surface area contributed by atoms with Gasteiger partial charge >= 0.3 is 0 Å². The Morgan fingerprint density at radius 2 is 0.889 bits per heavy atom. The van der Waals surface area contributed by atoms with Crippen molar-refractivity contribution < 1.29 is 1.37 Å². The maximum atomic E-state index is 9.22. The van der Waals surface area contributed by atoms with E-state index in [0.29, 0.717) is 0 Å². The molecule has 308 valence electrons. The lowest BCUT2D eigenvalue weighted by atomic mass is 9.69. The van der Waals surface area contributed by atoms with Gasteiger partial charge in [0.25, 0.3) is 0 Å². The van der Waals surface area contributed by atoms with E-state index in [4.69, 9.17) is 0 Å². The molecule has 1 saturated carbocycles. The second-order valence-corrected chi connectivity index (χ2v) is 20.1. The van der Waals surface area contributed by atoms with Crippen LogP contribution >= 0.6 is 0 Å². The molecule has 1 fully saturated rings. The minimum absolute atomic E-state index is 0.00102. The van der Waals surface area contributed by atoms with E-state index < -0.39 is 11.3 Å². The highest BCUT2D eigenvalue weighted by atomic mass is 15.1. The first kappa shape index (κ1) is 37.1. The van der Waals surface area contributed by atoms with Crippen molar-refractivity contribution in [3.8, 4) is 44.5 Å². The molecule has 0 N–H and O–H groups in total. The van der Waals surface area contributed by atoms with Crippen molar-refractivity contribution in [2.24, 2.45) is 0 Å². The highest BCUT2D eigenvalue weighted by Gasteiger charge is 2.52. The summed E-state index contributed by atoms with van der Waals surface area (Å²) in [7, 11) is 0. The van der Waals surface area contributed by atoms with Crippen LogP contribution in [-0.2, 0) is 16.2 Å². The summed E-state index contributed by atoms with van der Waals surface area (Å²) in [6.07, 6.45) is 5.45. The third kappa shape index (κ3) is 5.68. The molecular weight excluding hydrogens is 759 g/mol. The van der Waals surface area contributed by atoms with Crippen LogP contribution in [0.5, 0.6) is 0 Å². The zero-order valence-corrected chi connectivity index (χ0v) is 37.2. The van der Waals surface area contributed by atoms with Crippen LogP contribution in [-0.4, -0.2) is 0 Å². The third-order valence-corrected chi connectivity index (χ3v) is 15.2. The van der Waals surface area contributed by atoms with E-state index in [2.05, 4.69) is 215 Å². The molecule has 8 aromatic rings. The summed E-state index contributed by atoms with van der Waals surface area (Å²) < 4.78 is 9.22. The van der Waals surface area contributed by atoms with E-state index in [0.717, 1.165) is 48.3 Å². The lowest BCUT2D eigenvalue weighted by molar-refractivity contribution is 0.443. The minimum atomic E-state index is -0.465. The molecule has 63 heavy (non-hydrogen) atoms. The van der Waals surface area contributed by atoms with Crippen LogP contribution in [0, 0.1) is 0 Å². The first-order valence-corrected chi connectivity index (χ1v) is 23.2. The van der Waals surface area contributed by atoms with Crippen molar-refractivity contribution >= 4 is 17.1 Å². The quantitative estimate of drug-likeness (QED) is 0.167. The SMILES string of the molecule is [2H]C1(c2ccc(-c3ccc(N(c4ccc5c(c4)C(C)(C)c4ccccc4-5)c4ccc5c(c4)C4(c6ccccc6-5)c5ccccc5-c5ccc(C(C)(C)C)cc54)cc3)cc2)CCCCC1. The Hall–Kier alpha value is -6.44. The zero-order chi connectivity index (χ0) is 43.6. The molecule has 1 heteroatoms. The normalized spacial score (nSPS) is 18.5. The number of hydrogen-bond donors (Lipinski definition) is 0. The molecule has 1 spiro atoms. The molecule has 0 radical (unpaired) electrons. The highest BCUT2D eigenvalue weighted by Crippen LogP contribution is 2.64. The van der Waals surface area contributed by atoms with E-state index in [1.165, 1.54) is 89.9 Å². The van der Waals surface area contributed by atoms with Gasteiger partial charge in [-0.25, -0.2) is 0 Å². The van der Waals surface area contributed by atoms with Gasteiger partial charge in [0, 0.05) is 23.8 Å². The molecule has 0 aliphatic heterocycles. The Morgan fingerprint density at radius 1 is 0.444 bits per heavy atom. The van der Waals surface area contributed by atoms with Crippen molar-refractivity contribution in [3.63, 3.8) is 0 Å². The van der Waals surface area contributed by atoms with Crippen molar-refractivity contribution in [1.29, 1.82) is 0 Å². The van der Waals surface area contributed by atoms with Gasteiger partial charge in [-0.1, -0.05) is 193 Å². The van der Waals surface area contributed by atoms with E-state index in [-0.39, 0.29) is 10.8 Å². The van der Waals surface area contributed by atoms with Gasteiger partial charge in [-0.05, 0) is 150 Å². The average Bonchev–Trinajstić information content (AvgIpc) is 3.87. The Morgan fingerprint density at radius 3 is 1.48 bits per heavy atom. The molecule has 1 atom stereocenters. The van der Waals surface area contributed by atoms with Crippen LogP contribution in [0.2, 0.25) is 0 Å². The number of rotatable bonds is 5. The van der Waals surface area contributed by atoms with Crippen molar-refractivity contribution in [2.45, 2.75) is 88.9 Å². The highest BCUT2D eigenvalue weighted by molar-refractivity contribution is 5.97. The summed E-state index contributed by atoms with van der Waals surface area (Å²) in [6.45, 7) is 11.7. The average molecular weight is 815 g/mol. The lowest BCUT2D eigenvalue weighted by Gasteiger charge is -2.33. The molecule has 8 aromatic carbocycles. The van der Waals surface area contributed by atoms with Crippen LogP contribution in [0.25, 0.3) is 44.5 Å². The van der Waals surface area contributed by atoms with Gasteiger partial charge in [0.05, 0.1) is 5.41 Å². The minimum Gasteiger partial charge on any atom is -0.310 e. The van der Waals surface area contributed by atoms with Crippen LogP contribution in [0.3, 0.4) is 0 Å². The molecule has 0 heterocycles. The van der Waals surface area contributed by atoms with E-state index in [1.807, 2.05) is 0 Å². The summed E-state index contributed by atoms with van der Waals surface area (Å²) in [5.74, 6) is -0.458. The van der Waals surface area contributed by atoms with Gasteiger partial charge in [-0.3, -0.25) is 0 Å². The van der Waals surface area contributed by atoms with Crippen molar-refractivity contribution in [1.82, 2.24) is 0 Å². The monoisotopic (exact) mass is 814 g/mol. The lowest BCUT2D eigenvalue weighted by Crippen LogP contribution is -2.27. The molecule has 4 aliphatic rings. The predicted octanol–water partition coefficient (Wildman–Crippen LogP) is 16.8. The number of anilines is 3. The van der Waals surface area contributed by atoms with E-state index in [9.17, 15) is 1.37 Å². The van der Waals surface area contributed by atoms with Crippen LogP contribution in [0.15, 0.2) is 176 Å². The van der Waals surface area contributed by atoms with Crippen LogP contribution in [0.1, 0.15) is 118 Å². The van der Waals surface area contributed by atoms with Crippen molar-refractivity contribution in [3.05, 3.63) is 220 Å². The Kier molecular flexibility index (Phi) is 8.27. The summed E-state index contributed by atoms with van der Waals surface area (Å²) in [4.78, 5) is 2.49. The summed E-state index contributed by atoms with van der Waals surface area (Å²) in [5.41, 5.74) is 23.8. The summed E-state index contributed by atoms with van der Waals surface area (Å²) in [6, 6.07) is 66.9. The van der Waals surface area contributed by atoms with Crippen LogP contribution in [0.4, 0.5) is 17.1 Å². The molecule has 0 bridgehead atoms. The van der Waals surface area contributed by atoms with E-state index in [1.54, 1.807) is 0 Å². The number of nitrogens with zero attached hydrogens (tertiary/aromatic N) is 1. The molecular formula is C62H55N. The second-order valence-electron chi connectivity index (χ2n) is 20.1. The number of hydrogen-bond acceptors (Lipinski definition) is 1. The Labute approximate surface area is 375 Å². The fourth-order valence-corrected chi connectivity index (χ4v) is 12.0. The summed E-state index contributed by atoms with van der Waals surface area (Å²) in [5, 5.41) is 0. The molecule has 1 nitrogen and oxygen atoms in total. The largest absolute Gasteiger partial charge is 0.310 e. The molecule has 1 unspecified atom stereocenters. The van der Waals surface area contributed by atoms with Gasteiger partial charge in [-0.2, -0.15) is 0 Å². The first-order valence-electron chi connectivity index (χ1n) is 23.7. The molecule has 0 saturated heterocycles. The second kappa shape index (κ2) is 14.0. The molecule has 0 aromatic heterocycles. The van der Waals surface area contributed by atoms with Gasteiger partial charge in [-0.15, -0.1) is 0 Å². The zero-order valence-electron chi connectivity index (χ0n) is 38.2. The molecule has 0 amide bonds. The van der Waals surface area contributed by atoms with Gasteiger partial charge in [0.1, 0.15) is 0 Å². The molecule has 4 aliphatic carbocycles. The third-order valence-electron chi connectivity index (χ3n) is 15.2. The van der Waals surface area contributed by atoms with Gasteiger partial charge in [0.15, 0.2) is 0 Å². The fraction of sp³-hybridized carbons (Fsp3) is 0.226. The number of fused-ring (bicyclic) bond motifs is 13. The first-order chi connectivity index (χ1) is 31.0. The van der Waals surface area contributed by atoms with Crippen molar-refractivity contribution in [2.75, 3.05) is 4.90 Å². The maximum Gasteiger partial charge on any atom is 0.0726 e. The Balaban J connectivity index is 1.04.